The maximum absolute atomic E-state index is 12.2. The van der Waals surface area contributed by atoms with Gasteiger partial charge in [0, 0.05) is 22.5 Å². The summed E-state index contributed by atoms with van der Waals surface area (Å²) in [6.07, 6.45) is 2.00. The van der Waals surface area contributed by atoms with Gasteiger partial charge in [0.1, 0.15) is 5.69 Å². The van der Waals surface area contributed by atoms with Crippen molar-refractivity contribution in [2.24, 2.45) is 0 Å². The van der Waals surface area contributed by atoms with Crippen molar-refractivity contribution in [1.29, 1.82) is 0 Å². The molecule has 2 aromatic carbocycles. The number of carbonyl (C=O) groups is 1. The SMILES string of the molecule is O=C(Cc1ccc(Cl)cc1)Nc1cccc(C#Cc2ccccn2)c1. The van der Waals surface area contributed by atoms with Gasteiger partial charge in [-0.2, -0.15) is 0 Å². The summed E-state index contributed by atoms with van der Waals surface area (Å²) in [5.41, 5.74) is 3.15. The van der Waals surface area contributed by atoms with Crippen molar-refractivity contribution in [3.63, 3.8) is 0 Å². The highest BCUT2D eigenvalue weighted by atomic mass is 35.5. The third kappa shape index (κ3) is 5.20. The number of halogens is 1. The van der Waals surface area contributed by atoms with Crippen molar-refractivity contribution in [3.8, 4) is 11.8 Å². The lowest BCUT2D eigenvalue weighted by Gasteiger charge is -2.06. The molecule has 3 rings (SSSR count). The molecule has 0 radical (unpaired) electrons. The van der Waals surface area contributed by atoms with E-state index in [4.69, 9.17) is 11.6 Å². The molecule has 25 heavy (non-hydrogen) atoms. The van der Waals surface area contributed by atoms with Crippen LogP contribution in [0.1, 0.15) is 16.8 Å². The van der Waals surface area contributed by atoms with Crippen molar-refractivity contribution < 1.29 is 4.79 Å². The Morgan fingerprint density at radius 3 is 2.60 bits per heavy atom. The van der Waals surface area contributed by atoms with Crippen LogP contribution < -0.4 is 5.32 Å². The molecule has 0 bridgehead atoms. The van der Waals surface area contributed by atoms with E-state index >= 15 is 0 Å². The third-order valence-corrected chi connectivity index (χ3v) is 3.68. The summed E-state index contributed by atoms with van der Waals surface area (Å²) < 4.78 is 0. The molecule has 0 atom stereocenters. The van der Waals surface area contributed by atoms with E-state index in [-0.39, 0.29) is 5.91 Å². The summed E-state index contributed by atoms with van der Waals surface area (Å²) in [5.74, 6) is 5.97. The van der Waals surface area contributed by atoms with Crippen LogP contribution in [0.4, 0.5) is 5.69 Å². The van der Waals surface area contributed by atoms with Crippen LogP contribution in [0, 0.1) is 11.8 Å². The molecule has 0 spiro atoms. The number of aromatic nitrogens is 1. The van der Waals surface area contributed by atoms with Gasteiger partial charge in [-0.1, -0.05) is 41.8 Å². The Morgan fingerprint density at radius 2 is 1.84 bits per heavy atom. The summed E-state index contributed by atoms with van der Waals surface area (Å²) in [5, 5.41) is 3.54. The van der Waals surface area contributed by atoms with Gasteiger partial charge in [0.15, 0.2) is 0 Å². The molecule has 1 amide bonds. The average molecular weight is 347 g/mol. The van der Waals surface area contributed by atoms with Gasteiger partial charge in [-0.15, -0.1) is 0 Å². The van der Waals surface area contributed by atoms with Crippen LogP contribution in [0.5, 0.6) is 0 Å². The maximum atomic E-state index is 12.2. The van der Waals surface area contributed by atoms with Crippen LogP contribution >= 0.6 is 11.6 Å². The van der Waals surface area contributed by atoms with Crippen LogP contribution in [0.15, 0.2) is 72.9 Å². The topological polar surface area (TPSA) is 42.0 Å². The van der Waals surface area contributed by atoms with Crippen molar-refractivity contribution in [2.75, 3.05) is 5.32 Å². The fraction of sp³-hybridized carbons (Fsp3) is 0.0476. The molecular weight excluding hydrogens is 332 g/mol. The van der Waals surface area contributed by atoms with Crippen LogP contribution in [-0.4, -0.2) is 10.9 Å². The van der Waals surface area contributed by atoms with Crippen LogP contribution in [0.2, 0.25) is 5.02 Å². The Hall–Kier alpha value is -3.09. The lowest BCUT2D eigenvalue weighted by atomic mass is 10.1. The highest BCUT2D eigenvalue weighted by molar-refractivity contribution is 6.30. The summed E-state index contributed by atoms with van der Waals surface area (Å²) >= 11 is 5.85. The van der Waals surface area contributed by atoms with E-state index in [1.165, 1.54) is 0 Å². The number of nitrogens with one attached hydrogen (secondary N) is 1. The van der Waals surface area contributed by atoms with Gasteiger partial charge < -0.3 is 5.32 Å². The number of nitrogens with zero attached hydrogens (tertiary/aromatic N) is 1. The first-order valence-electron chi connectivity index (χ1n) is 7.76. The minimum absolute atomic E-state index is 0.0860. The molecule has 4 heteroatoms. The number of benzene rings is 2. The standard InChI is InChI=1S/C21H15ClN2O/c22-18-10-7-17(8-11-18)15-21(25)24-20-6-3-4-16(14-20)9-12-19-5-1-2-13-23-19/h1-8,10-11,13-14H,15H2,(H,24,25). The Kier molecular flexibility index (Phi) is 5.46. The first-order chi connectivity index (χ1) is 12.2. The van der Waals surface area contributed by atoms with E-state index in [0.717, 1.165) is 11.1 Å². The third-order valence-electron chi connectivity index (χ3n) is 3.42. The Morgan fingerprint density at radius 1 is 1.00 bits per heavy atom. The fourth-order valence-corrected chi connectivity index (χ4v) is 2.37. The second-order valence-electron chi connectivity index (χ2n) is 5.40. The van der Waals surface area contributed by atoms with E-state index in [0.29, 0.717) is 22.8 Å². The molecule has 1 heterocycles. The molecule has 0 unspecified atom stereocenters. The van der Waals surface area contributed by atoms with Crippen LogP contribution in [-0.2, 0) is 11.2 Å². The predicted molar refractivity (Wildman–Crippen MR) is 100 cm³/mol. The van der Waals surface area contributed by atoms with Gasteiger partial charge in [-0.05, 0) is 53.9 Å². The van der Waals surface area contributed by atoms with Crippen molar-refractivity contribution >= 4 is 23.2 Å². The second kappa shape index (κ2) is 8.14. The van der Waals surface area contributed by atoms with Gasteiger partial charge in [0.05, 0.1) is 6.42 Å². The smallest absolute Gasteiger partial charge is 0.228 e. The maximum Gasteiger partial charge on any atom is 0.228 e. The van der Waals surface area contributed by atoms with Crippen LogP contribution in [0.25, 0.3) is 0 Å². The second-order valence-corrected chi connectivity index (χ2v) is 5.83. The molecule has 0 aliphatic rings. The molecule has 1 aromatic heterocycles. The largest absolute Gasteiger partial charge is 0.326 e. The van der Waals surface area contributed by atoms with Gasteiger partial charge in [0.25, 0.3) is 0 Å². The number of rotatable bonds is 3. The normalized spacial score (nSPS) is 9.80. The zero-order valence-electron chi connectivity index (χ0n) is 13.4. The summed E-state index contributed by atoms with van der Waals surface area (Å²) in [7, 11) is 0. The van der Waals surface area contributed by atoms with Crippen LogP contribution in [0.3, 0.4) is 0 Å². The lowest BCUT2D eigenvalue weighted by molar-refractivity contribution is -0.115. The van der Waals surface area contributed by atoms with E-state index in [1.807, 2.05) is 54.6 Å². The molecule has 1 N–H and O–H groups in total. The molecular formula is C21H15ClN2O. The number of amides is 1. The lowest BCUT2D eigenvalue weighted by Crippen LogP contribution is -2.14. The number of hydrogen-bond donors (Lipinski definition) is 1. The molecule has 0 saturated heterocycles. The van der Waals surface area contributed by atoms with E-state index in [9.17, 15) is 4.79 Å². The molecule has 122 valence electrons. The predicted octanol–water partition coefficient (Wildman–Crippen LogP) is 4.32. The number of anilines is 1. The molecule has 0 saturated carbocycles. The van der Waals surface area contributed by atoms with Crippen molar-refractivity contribution in [3.05, 3.63) is 94.8 Å². The van der Waals surface area contributed by atoms with Gasteiger partial charge in [0.2, 0.25) is 5.91 Å². The van der Waals surface area contributed by atoms with E-state index in [1.54, 1.807) is 18.3 Å². The summed E-state index contributed by atoms with van der Waals surface area (Å²) in [6.45, 7) is 0. The zero-order chi connectivity index (χ0) is 17.5. The summed E-state index contributed by atoms with van der Waals surface area (Å²) in [6, 6.07) is 20.3. The average Bonchev–Trinajstić information content (AvgIpc) is 2.63. The quantitative estimate of drug-likeness (QED) is 0.718. The fourth-order valence-electron chi connectivity index (χ4n) is 2.24. The Balaban J connectivity index is 1.66. The first kappa shape index (κ1) is 16.8. The van der Waals surface area contributed by atoms with Gasteiger partial charge >= 0.3 is 0 Å². The monoisotopic (exact) mass is 346 g/mol. The molecule has 0 fully saturated rings. The van der Waals surface area contributed by atoms with Crippen molar-refractivity contribution in [1.82, 2.24) is 4.98 Å². The van der Waals surface area contributed by atoms with E-state index < -0.39 is 0 Å². The molecule has 0 aliphatic carbocycles. The van der Waals surface area contributed by atoms with E-state index in [2.05, 4.69) is 22.1 Å². The minimum Gasteiger partial charge on any atom is -0.326 e. The highest BCUT2D eigenvalue weighted by Gasteiger charge is 2.04. The van der Waals surface area contributed by atoms with Gasteiger partial charge in [-0.3, -0.25) is 4.79 Å². The highest BCUT2D eigenvalue weighted by Crippen LogP contribution is 2.13. The number of hydrogen-bond acceptors (Lipinski definition) is 2. The molecule has 3 nitrogen and oxygen atoms in total. The Labute approximate surface area is 151 Å². The van der Waals surface area contributed by atoms with Crippen molar-refractivity contribution in [2.45, 2.75) is 6.42 Å². The molecule has 3 aromatic rings. The summed E-state index contributed by atoms with van der Waals surface area (Å²) in [4.78, 5) is 16.3. The first-order valence-corrected chi connectivity index (χ1v) is 8.14. The zero-order valence-corrected chi connectivity index (χ0v) is 14.1. The molecule has 0 aliphatic heterocycles. The van der Waals surface area contributed by atoms with Gasteiger partial charge in [-0.25, -0.2) is 4.98 Å². The minimum atomic E-state index is -0.0860. The number of pyridine rings is 1. The Bertz CT molecular complexity index is 925. The number of carbonyl (C=O) groups excluding carboxylic acids is 1.